The molecule has 0 aromatic carbocycles. The van der Waals surface area contributed by atoms with Gasteiger partial charge in [0.15, 0.2) is 6.29 Å². The van der Waals surface area contributed by atoms with Gasteiger partial charge < -0.3 is 5.73 Å². The van der Waals surface area contributed by atoms with E-state index in [1.54, 1.807) is 0 Å². The van der Waals surface area contributed by atoms with Crippen molar-refractivity contribution in [1.29, 1.82) is 0 Å². The first-order valence-corrected chi connectivity index (χ1v) is 5.91. The van der Waals surface area contributed by atoms with Crippen LogP contribution in [0.15, 0.2) is 23.3 Å². The average Bonchev–Trinajstić information content (AvgIpc) is 2.85. The molecule has 2 aromatic rings. The van der Waals surface area contributed by atoms with Crippen LogP contribution in [-0.2, 0) is 13.1 Å². The van der Waals surface area contributed by atoms with Crippen molar-refractivity contribution in [1.82, 2.24) is 24.5 Å². The Morgan fingerprint density at radius 1 is 1.50 bits per heavy atom. The Kier molecular flexibility index (Phi) is 4.18. The van der Waals surface area contributed by atoms with E-state index in [2.05, 4.69) is 15.3 Å². The van der Waals surface area contributed by atoms with Crippen molar-refractivity contribution in [2.75, 3.05) is 5.73 Å². The zero-order valence-electron chi connectivity index (χ0n) is 10.5. The Morgan fingerprint density at radius 2 is 2.30 bits per heavy atom. The number of rotatable bonds is 6. The molecule has 0 bridgehead atoms. The third-order valence-corrected chi connectivity index (χ3v) is 2.64. The number of carbonyl (C=O) groups excluding carboxylic acids is 1. The average molecular weight is 280 g/mol. The van der Waals surface area contributed by atoms with Crippen LogP contribution in [0.3, 0.4) is 0 Å². The first kappa shape index (κ1) is 13.8. The van der Waals surface area contributed by atoms with E-state index >= 15 is 0 Å². The Balaban J connectivity index is 1.90. The number of alkyl halides is 1. The summed E-state index contributed by atoms with van der Waals surface area (Å²) >= 11 is 0. The molecule has 2 N–H and O–H groups in total. The van der Waals surface area contributed by atoms with Crippen LogP contribution in [0, 0.1) is 0 Å². The van der Waals surface area contributed by atoms with E-state index in [0.717, 1.165) is 0 Å². The molecular formula is C11H13FN6O2. The maximum atomic E-state index is 13.8. The summed E-state index contributed by atoms with van der Waals surface area (Å²) in [4.78, 5) is 25.4. The number of aryl methyl sites for hydroxylation is 1. The molecule has 1 unspecified atom stereocenters. The largest absolute Gasteiger partial charge is 0.383 e. The molecule has 0 saturated carbocycles. The van der Waals surface area contributed by atoms with Gasteiger partial charge in [0, 0.05) is 12.7 Å². The molecule has 0 amide bonds. The molecule has 0 aliphatic rings. The number of hydrogen-bond acceptors (Lipinski definition) is 6. The van der Waals surface area contributed by atoms with Gasteiger partial charge in [-0.15, -0.1) is 5.10 Å². The number of nitrogens with zero attached hydrogens (tertiary/aromatic N) is 5. The van der Waals surface area contributed by atoms with Crippen LogP contribution in [0.2, 0.25) is 0 Å². The van der Waals surface area contributed by atoms with E-state index in [0.29, 0.717) is 6.29 Å². The molecule has 0 radical (unpaired) electrons. The van der Waals surface area contributed by atoms with Crippen LogP contribution in [0.1, 0.15) is 16.9 Å². The van der Waals surface area contributed by atoms with Crippen molar-refractivity contribution >= 4 is 12.1 Å². The summed E-state index contributed by atoms with van der Waals surface area (Å²) < 4.78 is 16.3. The van der Waals surface area contributed by atoms with Crippen molar-refractivity contribution in [2.45, 2.75) is 25.7 Å². The number of aldehydes is 1. The lowest BCUT2D eigenvalue weighted by Gasteiger charge is -2.09. The van der Waals surface area contributed by atoms with Crippen molar-refractivity contribution in [3.05, 3.63) is 34.6 Å². The maximum absolute atomic E-state index is 13.8. The van der Waals surface area contributed by atoms with Gasteiger partial charge in [-0.2, -0.15) is 4.98 Å². The van der Waals surface area contributed by atoms with Crippen LogP contribution >= 0.6 is 0 Å². The fourth-order valence-electron chi connectivity index (χ4n) is 1.64. The Labute approximate surface area is 113 Å². The minimum absolute atomic E-state index is 0.0298. The van der Waals surface area contributed by atoms with Gasteiger partial charge in [-0.3, -0.25) is 9.36 Å². The predicted octanol–water partition coefficient (Wildman–Crippen LogP) is -0.342. The van der Waals surface area contributed by atoms with E-state index in [-0.39, 0.29) is 31.0 Å². The van der Waals surface area contributed by atoms with Gasteiger partial charge in [-0.05, 0) is 12.5 Å². The van der Waals surface area contributed by atoms with Gasteiger partial charge in [0.1, 0.15) is 17.7 Å². The highest BCUT2D eigenvalue weighted by molar-refractivity contribution is 5.70. The molecule has 2 heterocycles. The lowest BCUT2D eigenvalue weighted by Crippen LogP contribution is -2.25. The first-order valence-electron chi connectivity index (χ1n) is 5.91. The summed E-state index contributed by atoms with van der Waals surface area (Å²) in [6, 6.07) is 1.47. The summed E-state index contributed by atoms with van der Waals surface area (Å²) in [6.45, 7) is 0.153. The quantitative estimate of drug-likeness (QED) is 0.725. The zero-order valence-corrected chi connectivity index (χ0v) is 10.5. The van der Waals surface area contributed by atoms with Crippen LogP contribution < -0.4 is 11.4 Å². The summed E-state index contributed by atoms with van der Waals surface area (Å²) in [5.74, 6) is 0.132. The van der Waals surface area contributed by atoms with E-state index in [1.165, 1.54) is 27.7 Å². The minimum atomic E-state index is -1.22. The fourth-order valence-corrected chi connectivity index (χ4v) is 1.64. The molecule has 8 nitrogen and oxygen atoms in total. The normalized spacial score (nSPS) is 12.2. The second-order valence-corrected chi connectivity index (χ2v) is 4.20. The number of carbonyl (C=O) groups is 1. The Hall–Kier alpha value is -2.58. The SMILES string of the molecule is Nc1ccn(CCC(F)Cn2cc(C=O)nn2)c(=O)n1. The molecule has 0 aliphatic heterocycles. The molecule has 9 heteroatoms. The summed E-state index contributed by atoms with van der Waals surface area (Å²) in [6.07, 6.45) is 2.26. The van der Waals surface area contributed by atoms with Crippen LogP contribution in [0.4, 0.5) is 10.2 Å². The monoisotopic (exact) mass is 280 g/mol. The lowest BCUT2D eigenvalue weighted by molar-refractivity contribution is 0.111. The van der Waals surface area contributed by atoms with Crippen LogP contribution in [0.25, 0.3) is 0 Å². The van der Waals surface area contributed by atoms with Crippen molar-refractivity contribution in [3.8, 4) is 0 Å². The summed E-state index contributed by atoms with van der Waals surface area (Å²) in [5.41, 5.74) is 4.99. The molecule has 106 valence electrons. The van der Waals surface area contributed by atoms with Crippen molar-refractivity contribution in [2.24, 2.45) is 0 Å². The molecule has 0 spiro atoms. The van der Waals surface area contributed by atoms with E-state index < -0.39 is 11.9 Å². The number of anilines is 1. The molecule has 0 aliphatic carbocycles. The van der Waals surface area contributed by atoms with Crippen molar-refractivity contribution < 1.29 is 9.18 Å². The first-order chi connectivity index (χ1) is 9.58. The van der Waals surface area contributed by atoms with E-state index in [4.69, 9.17) is 5.73 Å². The van der Waals surface area contributed by atoms with Gasteiger partial charge in [-0.25, -0.2) is 13.9 Å². The number of halogens is 1. The van der Waals surface area contributed by atoms with Gasteiger partial charge in [0.25, 0.3) is 0 Å². The van der Waals surface area contributed by atoms with E-state index in [9.17, 15) is 14.0 Å². The highest BCUT2D eigenvalue weighted by atomic mass is 19.1. The zero-order chi connectivity index (χ0) is 14.5. The summed E-state index contributed by atoms with van der Waals surface area (Å²) in [7, 11) is 0. The standard InChI is InChI=1S/C11H13FN6O2/c12-8(5-18-6-9(7-19)15-16-18)1-3-17-4-2-10(13)14-11(17)20/h2,4,6-8H,1,3,5H2,(H2,13,14,20). The van der Waals surface area contributed by atoms with Crippen LogP contribution in [-0.4, -0.2) is 37.0 Å². The molecule has 2 rings (SSSR count). The van der Waals surface area contributed by atoms with Gasteiger partial charge in [0.05, 0.1) is 12.7 Å². The third kappa shape index (κ3) is 3.46. The van der Waals surface area contributed by atoms with Crippen LogP contribution in [0.5, 0.6) is 0 Å². The van der Waals surface area contributed by atoms with E-state index in [1.807, 2.05) is 0 Å². The minimum Gasteiger partial charge on any atom is -0.383 e. The van der Waals surface area contributed by atoms with Gasteiger partial charge >= 0.3 is 5.69 Å². The highest BCUT2D eigenvalue weighted by Crippen LogP contribution is 2.04. The fraction of sp³-hybridized carbons (Fsp3) is 0.364. The number of nitrogens with two attached hydrogens (primary N) is 1. The molecule has 2 aromatic heterocycles. The number of hydrogen-bond donors (Lipinski definition) is 1. The Bertz CT molecular complexity index is 652. The number of aromatic nitrogens is 5. The smallest absolute Gasteiger partial charge is 0.349 e. The molecule has 0 fully saturated rings. The second-order valence-electron chi connectivity index (χ2n) is 4.20. The topological polar surface area (TPSA) is 109 Å². The summed E-state index contributed by atoms with van der Waals surface area (Å²) in [5, 5.41) is 7.14. The third-order valence-electron chi connectivity index (χ3n) is 2.64. The molecule has 0 saturated heterocycles. The highest BCUT2D eigenvalue weighted by Gasteiger charge is 2.10. The lowest BCUT2D eigenvalue weighted by atomic mass is 10.2. The molecule has 20 heavy (non-hydrogen) atoms. The molecular weight excluding hydrogens is 267 g/mol. The predicted molar refractivity (Wildman–Crippen MR) is 67.8 cm³/mol. The molecule has 1 atom stereocenters. The van der Waals surface area contributed by atoms with Gasteiger partial charge in [-0.1, -0.05) is 5.21 Å². The second kappa shape index (κ2) is 6.04. The van der Waals surface area contributed by atoms with Gasteiger partial charge in [0.2, 0.25) is 0 Å². The maximum Gasteiger partial charge on any atom is 0.349 e. The number of nitrogen functional groups attached to an aromatic ring is 1. The van der Waals surface area contributed by atoms with Crippen molar-refractivity contribution in [3.63, 3.8) is 0 Å². The Morgan fingerprint density at radius 3 is 2.95 bits per heavy atom.